The Morgan fingerprint density at radius 3 is 2.71 bits per heavy atom. The van der Waals surface area contributed by atoms with E-state index >= 15 is 0 Å². The van der Waals surface area contributed by atoms with E-state index in [2.05, 4.69) is 5.32 Å². The highest BCUT2D eigenvalue weighted by Gasteiger charge is 2.05. The SMILES string of the molecule is CCOCCC(=O)Nc1cccc(OCC(=O)OCC)c1. The van der Waals surface area contributed by atoms with Crippen LogP contribution in [0.15, 0.2) is 24.3 Å². The summed E-state index contributed by atoms with van der Waals surface area (Å²) in [4.78, 5) is 22.8. The van der Waals surface area contributed by atoms with Crippen molar-refractivity contribution in [1.29, 1.82) is 0 Å². The highest BCUT2D eigenvalue weighted by molar-refractivity contribution is 5.90. The lowest BCUT2D eigenvalue weighted by molar-refractivity contribution is -0.145. The third-order valence-electron chi connectivity index (χ3n) is 2.46. The number of carbonyl (C=O) groups is 2. The molecule has 1 N–H and O–H groups in total. The Morgan fingerprint density at radius 2 is 2.00 bits per heavy atom. The maximum Gasteiger partial charge on any atom is 0.344 e. The maximum atomic E-state index is 11.6. The minimum Gasteiger partial charge on any atom is -0.482 e. The Balaban J connectivity index is 2.44. The first kappa shape index (κ1) is 17.0. The van der Waals surface area contributed by atoms with Gasteiger partial charge in [-0.15, -0.1) is 0 Å². The molecule has 0 heterocycles. The van der Waals surface area contributed by atoms with E-state index in [1.807, 2.05) is 6.92 Å². The number of benzene rings is 1. The molecule has 0 radical (unpaired) electrons. The molecule has 6 nitrogen and oxygen atoms in total. The van der Waals surface area contributed by atoms with E-state index in [1.165, 1.54) is 0 Å². The summed E-state index contributed by atoms with van der Waals surface area (Å²) < 4.78 is 15.2. The molecule has 0 aliphatic heterocycles. The van der Waals surface area contributed by atoms with Crippen molar-refractivity contribution in [1.82, 2.24) is 0 Å². The van der Waals surface area contributed by atoms with Crippen molar-refractivity contribution in [3.05, 3.63) is 24.3 Å². The zero-order valence-electron chi connectivity index (χ0n) is 12.4. The topological polar surface area (TPSA) is 73.9 Å². The van der Waals surface area contributed by atoms with Crippen LogP contribution in [0.3, 0.4) is 0 Å². The molecular formula is C15H21NO5. The van der Waals surface area contributed by atoms with Gasteiger partial charge >= 0.3 is 5.97 Å². The minimum absolute atomic E-state index is 0.133. The molecule has 21 heavy (non-hydrogen) atoms. The molecule has 1 amide bonds. The van der Waals surface area contributed by atoms with Crippen LogP contribution in [0.1, 0.15) is 20.3 Å². The molecule has 1 aromatic carbocycles. The van der Waals surface area contributed by atoms with Crippen LogP contribution in [0.2, 0.25) is 0 Å². The quantitative estimate of drug-likeness (QED) is 0.557. The van der Waals surface area contributed by atoms with Crippen LogP contribution in [-0.2, 0) is 19.1 Å². The van der Waals surface area contributed by atoms with Crippen molar-refractivity contribution < 1.29 is 23.8 Å². The number of rotatable bonds is 9. The van der Waals surface area contributed by atoms with Gasteiger partial charge in [-0.2, -0.15) is 0 Å². The van der Waals surface area contributed by atoms with Gasteiger partial charge in [0.15, 0.2) is 6.61 Å². The number of anilines is 1. The zero-order chi connectivity index (χ0) is 15.5. The fourth-order valence-electron chi connectivity index (χ4n) is 1.54. The van der Waals surface area contributed by atoms with Gasteiger partial charge in [0, 0.05) is 18.4 Å². The second-order valence-corrected chi connectivity index (χ2v) is 4.12. The van der Waals surface area contributed by atoms with Crippen molar-refractivity contribution in [3.63, 3.8) is 0 Å². The summed E-state index contributed by atoms with van der Waals surface area (Å²) in [5.41, 5.74) is 0.609. The van der Waals surface area contributed by atoms with Gasteiger partial charge in [0.25, 0.3) is 0 Å². The van der Waals surface area contributed by atoms with Gasteiger partial charge in [0.2, 0.25) is 5.91 Å². The summed E-state index contributed by atoms with van der Waals surface area (Å²) >= 11 is 0. The molecule has 1 rings (SSSR count). The van der Waals surface area contributed by atoms with Crippen molar-refractivity contribution in [2.75, 3.05) is 31.7 Å². The molecule has 0 aliphatic rings. The molecule has 0 bridgehead atoms. The third kappa shape index (κ3) is 7.31. The smallest absolute Gasteiger partial charge is 0.344 e. The summed E-state index contributed by atoms with van der Waals surface area (Å²) in [5, 5.41) is 2.74. The van der Waals surface area contributed by atoms with Crippen LogP contribution in [0.25, 0.3) is 0 Å². The van der Waals surface area contributed by atoms with Gasteiger partial charge in [-0.1, -0.05) is 6.07 Å². The van der Waals surface area contributed by atoms with Crippen molar-refractivity contribution in [3.8, 4) is 5.75 Å². The maximum absolute atomic E-state index is 11.6. The Hall–Kier alpha value is -2.08. The van der Waals surface area contributed by atoms with E-state index in [0.29, 0.717) is 37.7 Å². The molecule has 0 fully saturated rings. The van der Waals surface area contributed by atoms with Crippen LogP contribution < -0.4 is 10.1 Å². The predicted molar refractivity (Wildman–Crippen MR) is 78.3 cm³/mol. The molecule has 0 aromatic heterocycles. The Labute approximate surface area is 124 Å². The summed E-state index contributed by atoms with van der Waals surface area (Å²) in [6.45, 7) is 4.75. The van der Waals surface area contributed by atoms with Crippen LogP contribution in [0.4, 0.5) is 5.69 Å². The summed E-state index contributed by atoms with van der Waals surface area (Å²) in [7, 11) is 0. The average Bonchev–Trinajstić information content (AvgIpc) is 2.46. The highest BCUT2D eigenvalue weighted by Crippen LogP contribution is 2.17. The van der Waals surface area contributed by atoms with Gasteiger partial charge in [-0.3, -0.25) is 4.79 Å². The number of ether oxygens (including phenoxy) is 3. The molecule has 0 aliphatic carbocycles. The highest BCUT2D eigenvalue weighted by atomic mass is 16.6. The Morgan fingerprint density at radius 1 is 1.19 bits per heavy atom. The lowest BCUT2D eigenvalue weighted by Crippen LogP contribution is -2.15. The van der Waals surface area contributed by atoms with E-state index in [9.17, 15) is 9.59 Å². The van der Waals surface area contributed by atoms with Crippen LogP contribution in [-0.4, -0.2) is 38.3 Å². The predicted octanol–water partition coefficient (Wildman–Crippen LogP) is 1.99. The fourth-order valence-corrected chi connectivity index (χ4v) is 1.54. The fraction of sp³-hybridized carbons (Fsp3) is 0.467. The van der Waals surface area contributed by atoms with Crippen LogP contribution in [0.5, 0.6) is 5.75 Å². The third-order valence-corrected chi connectivity index (χ3v) is 2.46. The Bertz CT molecular complexity index is 461. The van der Waals surface area contributed by atoms with E-state index in [0.717, 1.165) is 0 Å². The number of amides is 1. The van der Waals surface area contributed by atoms with Gasteiger partial charge in [-0.25, -0.2) is 4.79 Å². The normalized spacial score (nSPS) is 10.0. The van der Waals surface area contributed by atoms with E-state index < -0.39 is 5.97 Å². The second kappa shape index (κ2) is 9.77. The van der Waals surface area contributed by atoms with Crippen molar-refractivity contribution in [2.24, 2.45) is 0 Å². The summed E-state index contributed by atoms with van der Waals surface area (Å²) in [5.74, 6) is -0.0692. The van der Waals surface area contributed by atoms with Crippen LogP contribution in [0, 0.1) is 0 Å². The average molecular weight is 295 g/mol. The summed E-state index contributed by atoms with van der Waals surface area (Å²) in [6.07, 6.45) is 0.293. The van der Waals surface area contributed by atoms with Gasteiger partial charge < -0.3 is 19.5 Å². The number of esters is 1. The van der Waals surface area contributed by atoms with Crippen LogP contribution >= 0.6 is 0 Å². The van der Waals surface area contributed by atoms with Gasteiger partial charge in [0.1, 0.15) is 5.75 Å². The van der Waals surface area contributed by atoms with E-state index in [-0.39, 0.29) is 12.5 Å². The van der Waals surface area contributed by atoms with E-state index in [1.54, 1.807) is 31.2 Å². The lowest BCUT2D eigenvalue weighted by atomic mass is 10.3. The number of hydrogen-bond acceptors (Lipinski definition) is 5. The van der Waals surface area contributed by atoms with Crippen molar-refractivity contribution in [2.45, 2.75) is 20.3 Å². The molecule has 0 saturated heterocycles. The van der Waals surface area contributed by atoms with E-state index in [4.69, 9.17) is 14.2 Å². The number of nitrogens with one attached hydrogen (secondary N) is 1. The standard InChI is InChI=1S/C15H21NO5/c1-3-19-9-8-14(17)16-12-6-5-7-13(10-12)21-11-15(18)20-4-2/h5-7,10H,3-4,8-9,11H2,1-2H3,(H,16,17). The molecule has 6 heteroatoms. The molecule has 0 saturated carbocycles. The van der Waals surface area contributed by atoms with Crippen molar-refractivity contribution >= 4 is 17.6 Å². The zero-order valence-corrected chi connectivity index (χ0v) is 12.4. The molecule has 116 valence electrons. The molecular weight excluding hydrogens is 274 g/mol. The summed E-state index contributed by atoms with van der Waals surface area (Å²) in [6, 6.07) is 6.83. The first-order valence-corrected chi connectivity index (χ1v) is 6.91. The number of carbonyl (C=O) groups excluding carboxylic acids is 2. The second-order valence-electron chi connectivity index (χ2n) is 4.12. The molecule has 0 atom stereocenters. The van der Waals surface area contributed by atoms with Gasteiger partial charge in [0.05, 0.1) is 19.6 Å². The monoisotopic (exact) mass is 295 g/mol. The number of hydrogen-bond donors (Lipinski definition) is 1. The Kier molecular flexibility index (Phi) is 7.89. The molecule has 0 spiro atoms. The molecule has 1 aromatic rings. The first-order chi connectivity index (χ1) is 10.2. The van der Waals surface area contributed by atoms with Gasteiger partial charge in [-0.05, 0) is 26.0 Å². The lowest BCUT2D eigenvalue weighted by Gasteiger charge is -2.09. The first-order valence-electron chi connectivity index (χ1n) is 6.91. The largest absolute Gasteiger partial charge is 0.482 e. The molecule has 0 unspecified atom stereocenters. The minimum atomic E-state index is -0.427.